The summed E-state index contributed by atoms with van der Waals surface area (Å²) in [7, 11) is 0. The number of carbonyl (C=O) groups is 1. The van der Waals surface area contributed by atoms with Crippen molar-refractivity contribution < 1.29 is 9.53 Å². The number of rotatable bonds is 6. The molecule has 0 radical (unpaired) electrons. The maximum atomic E-state index is 10.8. The van der Waals surface area contributed by atoms with Crippen molar-refractivity contribution in [3.63, 3.8) is 0 Å². The van der Waals surface area contributed by atoms with Gasteiger partial charge in [-0.15, -0.1) is 6.58 Å². The van der Waals surface area contributed by atoms with Crippen LogP contribution in [-0.2, 0) is 9.53 Å². The van der Waals surface area contributed by atoms with Gasteiger partial charge in [0.15, 0.2) is 0 Å². The lowest BCUT2D eigenvalue weighted by atomic mass is 10.5. The molecule has 4 heteroatoms. The van der Waals surface area contributed by atoms with Gasteiger partial charge < -0.3 is 15.8 Å². The molecule has 0 spiro atoms. The van der Waals surface area contributed by atoms with Gasteiger partial charge in [0, 0.05) is 13.1 Å². The molecular formula is C7H14N2O2. The van der Waals surface area contributed by atoms with Crippen molar-refractivity contribution in [2.24, 2.45) is 5.73 Å². The normalized spacial score (nSPS) is 9.18. The largest absolute Gasteiger partial charge is 0.370 e. The number of nitrogens with two attached hydrogens (primary N) is 1. The summed E-state index contributed by atoms with van der Waals surface area (Å²) in [5, 5.41) is 2.57. The molecular weight excluding hydrogens is 144 g/mol. The number of hydrogen-bond acceptors (Lipinski definition) is 3. The van der Waals surface area contributed by atoms with Crippen LogP contribution in [0.25, 0.3) is 0 Å². The molecule has 11 heavy (non-hydrogen) atoms. The number of carbonyl (C=O) groups excluding carboxylic acids is 1. The van der Waals surface area contributed by atoms with E-state index in [0.717, 1.165) is 0 Å². The van der Waals surface area contributed by atoms with E-state index >= 15 is 0 Å². The average Bonchev–Trinajstić information content (AvgIpc) is 2.01. The van der Waals surface area contributed by atoms with Crippen molar-refractivity contribution in [1.29, 1.82) is 0 Å². The van der Waals surface area contributed by atoms with Gasteiger partial charge in [-0.05, 0) is 0 Å². The van der Waals surface area contributed by atoms with Gasteiger partial charge in [-0.2, -0.15) is 0 Å². The Morgan fingerprint density at radius 3 is 3.00 bits per heavy atom. The maximum absolute atomic E-state index is 10.8. The van der Waals surface area contributed by atoms with Gasteiger partial charge in [0.1, 0.15) is 6.61 Å². The van der Waals surface area contributed by atoms with E-state index in [1.807, 2.05) is 0 Å². The Balaban J connectivity index is 3.15. The highest BCUT2D eigenvalue weighted by Crippen LogP contribution is 1.72. The van der Waals surface area contributed by atoms with E-state index in [4.69, 9.17) is 10.5 Å². The summed E-state index contributed by atoms with van der Waals surface area (Å²) >= 11 is 0. The quantitative estimate of drug-likeness (QED) is 0.395. The smallest absolute Gasteiger partial charge is 0.246 e. The topological polar surface area (TPSA) is 64.3 Å². The molecule has 0 aromatic carbocycles. The minimum Gasteiger partial charge on any atom is -0.370 e. The molecule has 64 valence electrons. The Morgan fingerprint density at radius 2 is 2.45 bits per heavy atom. The fourth-order valence-corrected chi connectivity index (χ4v) is 0.485. The van der Waals surface area contributed by atoms with Crippen molar-refractivity contribution in [1.82, 2.24) is 5.32 Å². The van der Waals surface area contributed by atoms with E-state index < -0.39 is 0 Å². The van der Waals surface area contributed by atoms with Gasteiger partial charge in [-0.1, -0.05) is 6.08 Å². The predicted molar refractivity (Wildman–Crippen MR) is 43.1 cm³/mol. The summed E-state index contributed by atoms with van der Waals surface area (Å²) in [6.45, 7) is 4.86. The Hall–Kier alpha value is -0.870. The molecule has 0 rings (SSSR count). The fourth-order valence-electron chi connectivity index (χ4n) is 0.485. The Kier molecular flexibility index (Phi) is 6.67. The van der Waals surface area contributed by atoms with Crippen LogP contribution < -0.4 is 11.1 Å². The lowest BCUT2D eigenvalue weighted by molar-refractivity contribution is -0.125. The van der Waals surface area contributed by atoms with Crippen molar-refractivity contribution in [2.45, 2.75) is 0 Å². The van der Waals surface area contributed by atoms with E-state index in [0.29, 0.717) is 19.7 Å². The Labute approximate surface area is 66.4 Å². The fraction of sp³-hybridized carbons (Fsp3) is 0.571. The molecule has 0 aromatic heterocycles. The van der Waals surface area contributed by atoms with Gasteiger partial charge in [-0.3, -0.25) is 4.79 Å². The molecule has 0 heterocycles. The summed E-state index contributed by atoms with van der Waals surface area (Å²) in [4.78, 5) is 10.8. The number of ether oxygens (including phenoxy) is 1. The zero-order valence-electron chi connectivity index (χ0n) is 6.51. The number of hydrogen-bond donors (Lipinski definition) is 2. The van der Waals surface area contributed by atoms with Crippen LogP contribution in [0.3, 0.4) is 0 Å². The highest BCUT2D eigenvalue weighted by Gasteiger charge is 1.96. The van der Waals surface area contributed by atoms with Gasteiger partial charge >= 0.3 is 0 Å². The first-order valence-electron chi connectivity index (χ1n) is 3.46. The van der Waals surface area contributed by atoms with Gasteiger partial charge in [0.05, 0.1) is 6.61 Å². The summed E-state index contributed by atoms with van der Waals surface area (Å²) in [5.41, 5.74) is 5.14. The monoisotopic (exact) mass is 158 g/mol. The lowest BCUT2D eigenvalue weighted by Gasteiger charge is -2.01. The van der Waals surface area contributed by atoms with Crippen LogP contribution in [-0.4, -0.2) is 32.2 Å². The van der Waals surface area contributed by atoms with Crippen LogP contribution >= 0.6 is 0 Å². The van der Waals surface area contributed by atoms with E-state index in [9.17, 15) is 4.79 Å². The molecule has 0 aromatic rings. The Bertz CT molecular complexity index is 126. The van der Waals surface area contributed by atoms with Gasteiger partial charge in [0.2, 0.25) is 5.91 Å². The second-order valence-electron chi connectivity index (χ2n) is 1.93. The molecule has 3 N–H and O–H groups in total. The summed E-state index contributed by atoms with van der Waals surface area (Å²) in [6, 6.07) is 0. The molecule has 4 nitrogen and oxygen atoms in total. The molecule has 0 aliphatic heterocycles. The minimum atomic E-state index is -0.140. The van der Waals surface area contributed by atoms with E-state index in [-0.39, 0.29) is 12.5 Å². The molecule has 0 fully saturated rings. The zero-order valence-corrected chi connectivity index (χ0v) is 6.51. The average molecular weight is 158 g/mol. The molecule has 0 aliphatic rings. The maximum Gasteiger partial charge on any atom is 0.246 e. The number of amides is 1. The third-order valence-electron chi connectivity index (χ3n) is 0.939. The first-order valence-corrected chi connectivity index (χ1v) is 3.46. The molecule has 0 saturated heterocycles. The van der Waals surface area contributed by atoms with Gasteiger partial charge in [-0.25, -0.2) is 0 Å². The van der Waals surface area contributed by atoms with E-state index in [2.05, 4.69) is 11.9 Å². The predicted octanol–water partition coefficient (Wildman–Crippen LogP) is -0.736. The summed E-state index contributed by atoms with van der Waals surface area (Å²) in [6.07, 6.45) is 1.61. The van der Waals surface area contributed by atoms with Crippen molar-refractivity contribution in [3.8, 4) is 0 Å². The third-order valence-corrected chi connectivity index (χ3v) is 0.939. The van der Waals surface area contributed by atoms with E-state index in [1.165, 1.54) is 0 Å². The molecule has 0 unspecified atom stereocenters. The van der Waals surface area contributed by atoms with Crippen LogP contribution in [0.2, 0.25) is 0 Å². The first-order chi connectivity index (χ1) is 5.31. The Morgan fingerprint density at radius 1 is 1.73 bits per heavy atom. The van der Waals surface area contributed by atoms with Crippen molar-refractivity contribution >= 4 is 5.91 Å². The first kappa shape index (κ1) is 10.1. The molecule has 0 aliphatic carbocycles. The second kappa shape index (κ2) is 7.24. The standard InChI is InChI=1S/C7H14N2O2/c1-2-4-9-7(10)6-11-5-3-8/h2H,1,3-6,8H2,(H,9,10). The third kappa shape index (κ3) is 7.02. The van der Waals surface area contributed by atoms with Crippen LogP contribution in [0.4, 0.5) is 0 Å². The summed E-state index contributed by atoms with van der Waals surface area (Å²) in [5.74, 6) is -0.140. The van der Waals surface area contributed by atoms with Crippen LogP contribution in [0.5, 0.6) is 0 Å². The SMILES string of the molecule is C=CCNC(=O)COCCN. The second-order valence-corrected chi connectivity index (χ2v) is 1.93. The molecule has 0 atom stereocenters. The molecule has 0 bridgehead atoms. The molecule has 0 saturated carbocycles. The summed E-state index contributed by atoms with van der Waals surface area (Å²) < 4.78 is 4.87. The lowest BCUT2D eigenvalue weighted by Crippen LogP contribution is -2.28. The minimum absolute atomic E-state index is 0.0744. The van der Waals surface area contributed by atoms with Crippen LogP contribution in [0, 0.1) is 0 Å². The van der Waals surface area contributed by atoms with Gasteiger partial charge in [0.25, 0.3) is 0 Å². The van der Waals surface area contributed by atoms with Crippen LogP contribution in [0.15, 0.2) is 12.7 Å². The highest BCUT2D eigenvalue weighted by molar-refractivity contribution is 5.77. The molecule has 1 amide bonds. The van der Waals surface area contributed by atoms with Crippen LogP contribution in [0.1, 0.15) is 0 Å². The number of nitrogens with one attached hydrogen (secondary N) is 1. The zero-order chi connectivity index (χ0) is 8.53. The highest BCUT2D eigenvalue weighted by atomic mass is 16.5. The van der Waals surface area contributed by atoms with E-state index in [1.54, 1.807) is 6.08 Å². The van der Waals surface area contributed by atoms with Crippen molar-refractivity contribution in [3.05, 3.63) is 12.7 Å². The van der Waals surface area contributed by atoms with Crippen molar-refractivity contribution in [2.75, 3.05) is 26.3 Å².